The Morgan fingerprint density at radius 2 is 1.67 bits per heavy atom. The third-order valence-corrected chi connectivity index (χ3v) is 15.0. The van der Waals surface area contributed by atoms with Crippen molar-refractivity contribution in [2.75, 3.05) is 95.8 Å². The summed E-state index contributed by atoms with van der Waals surface area (Å²) in [4.78, 5) is 88.0. The van der Waals surface area contributed by atoms with Crippen molar-refractivity contribution in [3.63, 3.8) is 0 Å². The van der Waals surface area contributed by atoms with Crippen molar-refractivity contribution in [1.82, 2.24) is 44.7 Å². The normalized spacial score (nSPS) is 23.9. The van der Waals surface area contributed by atoms with Crippen molar-refractivity contribution in [2.45, 2.75) is 88.6 Å². The number of amides is 6. The number of aliphatic hydroxyl groups is 1. The van der Waals surface area contributed by atoms with E-state index in [9.17, 15) is 29.1 Å². The van der Waals surface area contributed by atoms with Crippen LogP contribution in [-0.2, 0) is 28.0 Å². The minimum atomic E-state index is -0.851. The zero-order valence-corrected chi connectivity index (χ0v) is 38.3. The first-order valence-electron chi connectivity index (χ1n) is 23.8. The minimum absolute atomic E-state index is 0.0574. The molecule has 2 unspecified atom stereocenters. The van der Waals surface area contributed by atoms with Gasteiger partial charge < -0.3 is 50.9 Å². The number of likely N-dealkylation sites (N-methyl/N-ethyl adjacent to an activating group) is 1. The third kappa shape index (κ3) is 9.53. The average molecular weight is 905 g/mol. The fourth-order valence-electron chi connectivity index (χ4n) is 10.8. The number of fused-ring (bicyclic) bond motifs is 1. The number of rotatable bonds is 13. The molecule has 18 nitrogen and oxygen atoms in total. The lowest BCUT2D eigenvalue weighted by Crippen LogP contribution is -2.54. The van der Waals surface area contributed by atoms with Gasteiger partial charge in [0.05, 0.1) is 18.8 Å². The van der Waals surface area contributed by atoms with Gasteiger partial charge in [0.1, 0.15) is 18.1 Å². The zero-order valence-electron chi connectivity index (χ0n) is 38.3. The quantitative estimate of drug-likeness (QED) is 0.195. The van der Waals surface area contributed by atoms with Crippen LogP contribution in [0.4, 0.5) is 22.1 Å². The molecular formula is C48H64N12O6. The van der Waals surface area contributed by atoms with E-state index in [0.717, 1.165) is 101 Å². The molecule has 5 N–H and O–H groups in total. The summed E-state index contributed by atoms with van der Waals surface area (Å²) in [5.74, 6) is 0.0269. The molecular weight excluding hydrogens is 841 g/mol. The Hall–Kier alpha value is -5.85. The van der Waals surface area contributed by atoms with Gasteiger partial charge in [0.2, 0.25) is 11.8 Å². The Bertz CT molecular complexity index is 2310. The van der Waals surface area contributed by atoms with Crippen LogP contribution in [0.1, 0.15) is 89.4 Å². The molecule has 0 bridgehead atoms. The Balaban J connectivity index is 0.718. The summed E-state index contributed by atoms with van der Waals surface area (Å²) in [7, 11) is 1.83. The van der Waals surface area contributed by atoms with Crippen molar-refractivity contribution in [3.8, 4) is 0 Å². The molecule has 3 aromatic rings. The van der Waals surface area contributed by atoms with Crippen LogP contribution in [0, 0.1) is 0 Å². The number of primary amides is 1. The first-order valence-corrected chi connectivity index (χ1v) is 23.8. The number of carbonyl (C=O) groups excluding carboxylic acids is 5. The molecule has 66 heavy (non-hydrogen) atoms. The van der Waals surface area contributed by atoms with E-state index in [2.05, 4.69) is 55.4 Å². The standard InChI is InChI=1S/C48H64N12O6/c1-48(33-10-12-34(13-11-33)51-44-42(43(49)63)50-28-39(52-44)58-19-5-8-35(29-58)59-27-22-54(2)47(59)66)16-20-57(21-17-48)41(62)31-56-25-23-55(24-26-56)18-4-7-32-6-3-9-36-37(32)30-60(46(36)65)38-14-15-40(61)53-45(38)64/h3,6,9-13,28,35,38,40,61H,4-5,7-8,14-27,29-31H2,1-2H3,(H2,49,63)(H,51,52)(H,53,64)/t35-,38?,40?/m1/s1. The SMILES string of the molecule is CN1CCN([C@@H]2CCCN(c3cnc(C(N)=O)c(Nc4ccc(C5(C)CCN(C(=O)CN6CCN(CCCc7cccc8c7CN(C7CCC(O)NC7=O)C8=O)CC6)CC5)cc4)n3)C2)C1=O. The van der Waals surface area contributed by atoms with Crippen LogP contribution in [0.25, 0.3) is 0 Å². The molecule has 18 heteroatoms. The van der Waals surface area contributed by atoms with Crippen molar-refractivity contribution in [1.29, 1.82) is 0 Å². The van der Waals surface area contributed by atoms with Gasteiger partial charge in [-0.1, -0.05) is 31.2 Å². The van der Waals surface area contributed by atoms with Crippen molar-refractivity contribution < 1.29 is 29.1 Å². The van der Waals surface area contributed by atoms with Gasteiger partial charge >= 0.3 is 6.03 Å². The highest BCUT2D eigenvalue weighted by Crippen LogP contribution is 2.37. The maximum Gasteiger partial charge on any atom is 0.320 e. The molecule has 0 radical (unpaired) electrons. The van der Waals surface area contributed by atoms with Crippen LogP contribution in [0.15, 0.2) is 48.7 Å². The number of likely N-dealkylation sites (tertiary alicyclic amines) is 1. The number of hydrogen-bond acceptors (Lipinski definition) is 12. The number of nitrogens with zero attached hydrogens (tertiary/aromatic N) is 9. The summed E-state index contributed by atoms with van der Waals surface area (Å²) in [6, 6.07) is 13.6. The second kappa shape index (κ2) is 19.2. The number of anilines is 3. The highest BCUT2D eigenvalue weighted by atomic mass is 16.3. The summed E-state index contributed by atoms with van der Waals surface area (Å²) in [6.45, 7) is 11.8. The monoisotopic (exact) mass is 905 g/mol. The highest BCUT2D eigenvalue weighted by molar-refractivity contribution is 6.01. The number of aliphatic hydroxyl groups excluding tert-OH is 1. The number of urea groups is 1. The van der Waals surface area contributed by atoms with Crippen LogP contribution in [0.5, 0.6) is 0 Å². The second-order valence-electron chi connectivity index (χ2n) is 19.3. The van der Waals surface area contributed by atoms with Crippen molar-refractivity contribution >= 4 is 47.0 Å². The second-order valence-corrected chi connectivity index (χ2v) is 19.3. The van der Waals surface area contributed by atoms with Gasteiger partial charge in [-0.2, -0.15) is 0 Å². The van der Waals surface area contributed by atoms with Gasteiger partial charge in [-0.05, 0) is 98.2 Å². The van der Waals surface area contributed by atoms with E-state index in [1.165, 1.54) is 5.56 Å². The largest absolute Gasteiger partial charge is 0.374 e. The molecule has 3 atom stereocenters. The lowest BCUT2D eigenvalue weighted by atomic mass is 9.74. The first-order chi connectivity index (χ1) is 31.8. The molecule has 6 aliphatic rings. The maximum atomic E-state index is 13.6. The van der Waals surface area contributed by atoms with E-state index in [1.54, 1.807) is 16.0 Å². The molecule has 5 saturated heterocycles. The van der Waals surface area contributed by atoms with Crippen LogP contribution in [-0.4, -0.2) is 178 Å². The molecule has 6 aliphatic heterocycles. The Morgan fingerprint density at radius 1 is 0.909 bits per heavy atom. The summed E-state index contributed by atoms with van der Waals surface area (Å²) in [6.07, 6.45) is 6.97. The molecule has 1 aromatic heterocycles. The van der Waals surface area contributed by atoms with Crippen molar-refractivity contribution in [3.05, 3.63) is 76.6 Å². The molecule has 6 amide bonds. The number of aromatic nitrogens is 2. The van der Waals surface area contributed by atoms with E-state index in [4.69, 9.17) is 10.7 Å². The van der Waals surface area contributed by atoms with E-state index >= 15 is 0 Å². The zero-order chi connectivity index (χ0) is 46.1. The van der Waals surface area contributed by atoms with Gasteiger partial charge in [-0.25, -0.2) is 14.8 Å². The number of hydrogen-bond donors (Lipinski definition) is 4. The predicted octanol–water partition coefficient (Wildman–Crippen LogP) is 2.34. The Labute approximate surface area is 386 Å². The first kappa shape index (κ1) is 45.3. The van der Waals surface area contributed by atoms with E-state index in [-0.39, 0.29) is 40.9 Å². The fraction of sp³-hybridized carbons (Fsp3) is 0.562. The van der Waals surface area contributed by atoms with Crippen LogP contribution in [0.2, 0.25) is 0 Å². The van der Waals surface area contributed by atoms with Crippen LogP contribution in [0.3, 0.4) is 0 Å². The summed E-state index contributed by atoms with van der Waals surface area (Å²) in [5, 5.41) is 15.7. The number of nitrogens with two attached hydrogens (primary N) is 1. The lowest BCUT2D eigenvalue weighted by Gasteiger charge is -2.41. The number of piperidine rings is 3. The number of carbonyl (C=O) groups is 5. The lowest BCUT2D eigenvalue weighted by molar-refractivity contribution is -0.134. The fourth-order valence-corrected chi connectivity index (χ4v) is 10.8. The topological polar surface area (TPSA) is 204 Å². The van der Waals surface area contributed by atoms with Gasteiger partial charge in [0, 0.05) is 90.3 Å². The van der Waals surface area contributed by atoms with Crippen LogP contribution >= 0.6 is 0 Å². The number of piperazine rings is 1. The predicted molar refractivity (Wildman–Crippen MR) is 248 cm³/mol. The van der Waals surface area contributed by atoms with E-state index in [0.29, 0.717) is 69.3 Å². The highest BCUT2D eigenvalue weighted by Gasteiger charge is 2.40. The molecule has 0 aliphatic carbocycles. The Morgan fingerprint density at radius 3 is 2.38 bits per heavy atom. The number of aryl methyl sites for hydroxylation is 1. The van der Waals surface area contributed by atoms with Crippen molar-refractivity contribution in [2.24, 2.45) is 5.73 Å². The number of benzene rings is 2. The van der Waals surface area contributed by atoms with Gasteiger partial charge in [-0.15, -0.1) is 0 Å². The molecule has 5 fully saturated rings. The Kier molecular flexibility index (Phi) is 13.2. The molecule has 2 aromatic carbocycles. The van der Waals surface area contributed by atoms with E-state index < -0.39 is 18.2 Å². The maximum absolute atomic E-state index is 13.6. The molecule has 9 rings (SSSR count). The molecule has 0 saturated carbocycles. The van der Waals surface area contributed by atoms with E-state index in [1.807, 2.05) is 41.1 Å². The van der Waals surface area contributed by atoms with Gasteiger partial charge in [0.25, 0.3) is 11.8 Å². The number of nitrogens with one attached hydrogen (secondary N) is 2. The molecule has 352 valence electrons. The average Bonchev–Trinajstić information content (AvgIpc) is 3.84. The van der Waals surface area contributed by atoms with Gasteiger partial charge in [0.15, 0.2) is 11.5 Å². The summed E-state index contributed by atoms with van der Waals surface area (Å²) in [5.41, 5.74) is 10.5. The molecule has 0 spiro atoms. The minimum Gasteiger partial charge on any atom is -0.374 e. The third-order valence-electron chi connectivity index (χ3n) is 15.0. The molecule has 7 heterocycles. The smallest absolute Gasteiger partial charge is 0.320 e. The van der Waals surface area contributed by atoms with Crippen LogP contribution < -0.4 is 21.3 Å². The summed E-state index contributed by atoms with van der Waals surface area (Å²) >= 11 is 0. The summed E-state index contributed by atoms with van der Waals surface area (Å²) < 4.78 is 0. The van der Waals surface area contributed by atoms with Gasteiger partial charge in [-0.3, -0.25) is 24.1 Å².